The van der Waals surface area contributed by atoms with Crippen LogP contribution in [0.3, 0.4) is 0 Å². The Labute approximate surface area is 113 Å². The molecule has 0 spiro atoms. The van der Waals surface area contributed by atoms with Crippen LogP contribution in [0.15, 0.2) is 45.9 Å². The third-order valence-corrected chi connectivity index (χ3v) is 3.13. The van der Waals surface area contributed by atoms with Crippen molar-refractivity contribution < 1.29 is 4.74 Å². The highest BCUT2D eigenvalue weighted by Crippen LogP contribution is 2.14. The summed E-state index contributed by atoms with van der Waals surface area (Å²) in [6.45, 7) is 0.625. The minimum absolute atomic E-state index is 0.183. The molecule has 94 valence electrons. The van der Waals surface area contributed by atoms with Crippen molar-refractivity contribution >= 4 is 21.6 Å². The topological polar surface area (TPSA) is 57.2 Å². The molecule has 4 nitrogen and oxygen atoms in total. The third-order valence-electron chi connectivity index (χ3n) is 2.56. The molecule has 0 fully saturated rings. The van der Waals surface area contributed by atoms with E-state index in [9.17, 15) is 4.79 Å². The van der Waals surface area contributed by atoms with E-state index < -0.39 is 0 Å². The minimum Gasteiger partial charge on any atom is -0.497 e. The molecule has 0 amide bonds. The fourth-order valence-corrected chi connectivity index (χ4v) is 2.18. The average molecular weight is 309 g/mol. The van der Waals surface area contributed by atoms with Gasteiger partial charge in [-0.15, -0.1) is 0 Å². The first-order chi connectivity index (χ1) is 8.60. The van der Waals surface area contributed by atoms with Crippen LogP contribution in [0.5, 0.6) is 5.75 Å². The second-order valence-electron chi connectivity index (χ2n) is 3.91. The Balaban J connectivity index is 2.31. The van der Waals surface area contributed by atoms with Gasteiger partial charge in [0.2, 0.25) is 5.43 Å². The van der Waals surface area contributed by atoms with Crippen LogP contribution in [0.2, 0.25) is 0 Å². The maximum atomic E-state index is 11.5. The van der Waals surface area contributed by atoms with E-state index in [1.165, 1.54) is 0 Å². The molecule has 2 N–H and O–H groups in total. The van der Waals surface area contributed by atoms with Crippen molar-refractivity contribution in [3.05, 3.63) is 56.9 Å². The van der Waals surface area contributed by atoms with E-state index in [0.29, 0.717) is 11.0 Å². The molecule has 0 atom stereocenters. The number of hydrogen-bond donors (Lipinski definition) is 1. The van der Waals surface area contributed by atoms with Crippen molar-refractivity contribution in [1.82, 2.24) is 4.57 Å². The highest BCUT2D eigenvalue weighted by Gasteiger charge is 2.03. The Bertz CT molecular complexity index is 596. The molecule has 0 saturated carbocycles. The number of methoxy groups -OCH3 is 1. The van der Waals surface area contributed by atoms with E-state index in [1.54, 1.807) is 19.5 Å². The van der Waals surface area contributed by atoms with Crippen LogP contribution in [0.1, 0.15) is 5.56 Å². The van der Waals surface area contributed by atoms with Crippen molar-refractivity contribution in [1.29, 1.82) is 0 Å². The van der Waals surface area contributed by atoms with Gasteiger partial charge in [-0.1, -0.05) is 12.1 Å². The van der Waals surface area contributed by atoms with Gasteiger partial charge in [0.1, 0.15) is 5.75 Å². The van der Waals surface area contributed by atoms with E-state index in [0.717, 1.165) is 11.3 Å². The summed E-state index contributed by atoms with van der Waals surface area (Å²) in [6.07, 6.45) is 3.35. The van der Waals surface area contributed by atoms with Gasteiger partial charge in [0.25, 0.3) is 0 Å². The Hall–Kier alpha value is -1.75. The number of anilines is 1. The first-order valence-electron chi connectivity index (χ1n) is 5.38. The molecule has 0 unspecified atom stereocenters. The van der Waals surface area contributed by atoms with Crippen LogP contribution in [0.4, 0.5) is 5.69 Å². The van der Waals surface area contributed by atoms with Gasteiger partial charge in [0.15, 0.2) is 0 Å². The second-order valence-corrected chi connectivity index (χ2v) is 4.77. The van der Waals surface area contributed by atoms with E-state index >= 15 is 0 Å². The summed E-state index contributed by atoms with van der Waals surface area (Å²) in [4.78, 5) is 11.5. The second kappa shape index (κ2) is 5.27. The zero-order valence-electron chi connectivity index (χ0n) is 9.89. The van der Waals surface area contributed by atoms with Crippen molar-refractivity contribution in [2.24, 2.45) is 0 Å². The Morgan fingerprint density at radius 3 is 2.83 bits per heavy atom. The van der Waals surface area contributed by atoms with E-state index in [2.05, 4.69) is 15.9 Å². The molecular formula is C13H13BrN2O2. The molecule has 1 aromatic heterocycles. The number of rotatable bonds is 3. The summed E-state index contributed by atoms with van der Waals surface area (Å²) in [5.74, 6) is 0.806. The maximum Gasteiger partial charge on any atom is 0.218 e. The average Bonchev–Trinajstić information content (AvgIpc) is 2.36. The highest BCUT2D eigenvalue weighted by molar-refractivity contribution is 9.10. The lowest BCUT2D eigenvalue weighted by Gasteiger charge is -2.09. The number of nitrogen functional groups attached to an aromatic ring is 1. The third kappa shape index (κ3) is 2.73. The zero-order chi connectivity index (χ0) is 13.1. The molecule has 0 aliphatic heterocycles. The lowest BCUT2D eigenvalue weighted by Crippen LogP contribution is -2.13. The van der Waals surface area contributed by atoms with Gasteiger partial charge in [-0.2, -0.15) is 0 Å². The van der Waals surface area contributed by atoms with E-state index in [4.69, 9.17) is 10.5 Å². The Morgan fingerprint density at radius 1 is 1.39 bits per heavy atom. The van der Waals surface area contributed by atoms with Gasteiger partial charge >= 0.3 is 0 Å². The van der Waals surface area contributed by atoms with Crippen LogP contribution in [-0.2, 0) is 6.54 Å². The van der Waals surface area contributed by atoms with Gasteiger partial charge in [0, 0.05) is 18.9 Å². The van der Waals surface area contributed by atoms with Crippen LogP contribution >= 0.6 is 15.9 Å². The standard InChI is InChI=1S/C13H13BrN2O2/c1-18-10-4-2-3-9(5-10)6-16-7-11(14)13(17)12(15)8-16/h2-5,7-8H,6,15H2,1H3. The van der Waals surface area contributed by atoms with Crippen molar-refractivity contribution in [2.75, 3.05) is 12.8 Å². The van der Waals surface area contributed by atoms with Gasteiger partial charge in [-0.3, -0.25) is 4.79 Å². The predicted molar refractivity (Wildman–Crippen MR) is 74.9 cm³/mol. The molecule has 2 aromatic rings. The molecule has 1 aromatic carbocycles. The lowest BCUT2D eigenvalue weighted by molar-refractivity contribution is 0.414. The molecule has 2 rings (SSSR count). The predicted octanol–water partition coefficient (Wildman–Crippen LogP) is 2.25. The fourth-order valence-electron chi connectivity index (χ4n) is 1.69. The quantitative estimate of drug-likeness (QED) is 0.946. The highest BCUT2D eigenvalue weighted by atomic mass is 79.9. The normalized spacial score (nSPS) is 10.3. The summed E-state index contributed by atoms with van der Waals surface area (Å²) in [5.41, 5.74) is 6.76. The van der Waals surface area contributed by atoms with E-state index in [-0.39, 0.29) is 11.1 Å². The van der Waals surface area contributed by atoms with Crippen molar-refractivity contribution in [3.63, 3.8) is 0 Å². The summed E-state index contributed by atoms with van der Waals surface area (Å²) in [7, 11) is 1.63. The SMILES string of the molecule is COc1cccc(Cn2cc(N)c(=O)c(Br)c2)c1. The molecule has 0 bridgehead atoms. The molecule has 0 radical (unpaired) electrons. The van der Waals surface area contributed by atoms with Crippen LogP contribution in [0.25, 0.3) is 0 Å². The number of hydrogen-bond acceptors (Lipinski definition) is 3. The first kappa shape index (κ1) is 12.7. The number of nitrogens with two attached hydrogens (primary N) is 1. The Morgan fingerprint density at radius 2 is 2.17 bits per heavy atom. The van der Waals surface area contributed by atoms with E-state index in [1.807, 2.05) is 28.8 Å². The number of aromatic nitrogens is 1. The number of halogens is 1. The minimum atomic E-state index is -0.183. The number of nitrogens with zero attached hydrogens (tertiary/aromatic N) is 1. The number of pyridine rings is 1. The summed E-state index contributed by atoms with van der Waals surface area (Å²) >= 11 is 3.20. The Kier molecular flexibility index (Phi) is 3.72. The van der Waals surface area contributed by atoms with Crippen molar-refractivity contribution in [3.8, 4) is 5.75 Å². The number of benzene rings is 1. The van der Waals surface area contributed by atoms with Gasteiger partial charge in [-0.25, -0.2) is 0 Å². The zero-order valence-corrected chi connectivity index (χ0v) is 11.5. The van der Waals surface area contributed by atoms with Gasteiger partial charge in [-0.05, 0) is 33.6 Å². The molecule has 0 saturated heterocycles. The van der Waals surface area contributed by atoms with Crippen molar-refractivity contribution in [2.45, 2.75) is 6.54 Å². The molecule has 0 aliphatic carbocycles. The number of ether oxygens (including phenoxy) is 1. The molecule has 5 heteroatoms. The van der Waals surface area contributed by atoms with Gasteiger partial charge < -0.3 is 15.0 Å². The molecular weight excluding hydrogens is 296 g/mol. The summed E-state index contributed by atoms with van der Waals surface area (Å²) in [5, 5.41) is 0. The lowest BCUT2D eigenvalue weighted by atomic mass is 10.2. The largest absolute Gasteiger partial charge is 0.497 e. The smallest absolute Gasteiger partial charge is 0.218 e. The van der Waals surface area contributed by atoms with Gasteiger partial charge in [0.05, 0.1) is 17.3 Å². The van der Waals surface area contributed by atoms with Crippen LogP contribution in [0, 0.1) is 0 Å². The molecule has 18 heavy (non-hydrogen) atoms. The van der Waals surface area contributed by atoms with Crippen LogP contribution < -0.4 is 15.9 Å². The maximum absolute atomic E-state index is 11.5. The van der Waals surface area contributed by atoms with Crippen LogP contribution in [-0.4, -0.2) is 11.7 Å². The molecule has 1 heterocycles. The monoisotopic (exact) mass is 308 g/mol. The summed E-state index contributed by atoms with van der Waals surface area (Å²) < 4.78 is 7.49. The molecule has 0 aliphatic rings. The summed E-state index contributed by atoms with van der Waals surface area (Å²) in [6, 6.07) is 7.75. The fraction of sp³-hybridized carbons (Fsp3) is 0.154. The first-order valence-corrected chi connectivity index (χ1v) is 6.17.